The molecule has 1 saturated heterocycles. The van der Waals surface area contributed by atoms with Gasteiger partial charge in [-0.2, -0.15) is 0 Å². The van der Waals surface area contributed by atoms with Gasteiger partial charge in [0.15, 0.2) is 0 Å². The number of benzene rings is 1. The molecule has 2 fully saturated rings. The Morgan fingerprint density at radius 1 is 1.19 bits per heavy atom. The Balaban J connectivity index is 1.27. The number of imide groups is 1. The lowest BCUT2D eigenvalue weighted by Gasteiger charge is -2.35. The molecule has 2 heterocycles. The predicted molar refractivity (Wildman–Crippen MR) is 124 cm³/mol. The van der Waals surface area contributed by atoms with Gasteiger partial charge in [-0.25, -0.2) is 14.4 Å². The molecule has 2 aliphatic rings. The van der Waals surface area contributed by atoms with E-state index in [1.807, 2.05) is 19.2 Å². The minimum atomic E-state index is -0.390. The Labute approximate surface area is 190 Å². The number of thioether (sulfide) groups is 1. The van der Waals surface area contributed by atoms with Crippen LogP contribution in [0.1, 0.15) is 36.9 Å². The molecule has 168 valence electrons. The molecule has 1 aliphatic carbocycles. The third-order valence-electron chi connectivity index (χ3n) is 5.91. The second-order valence-corrected chi connectivity index (χ2v) is 9.10. The van der Waals surface area contributed by atoms with Gasteiger partial charge in [-0.05, 0) is 80.2 Å². The van der Waals surface area contributed by atoms with Crippen LogP contribution in [-0.4, -0.2) is 46.8 Å². The van der Waals surface area contributed by atoms with Gasteiger partial charge in [0.25, 0.3) is 11.1 Å². The average Bonchev–Trinajstić information content (AvgIpc) is 3.11. The van der Waals surface area contributed by atoms with Crippen LogP contribution in [-0.2, 0) is 11.2 Å². The summed E-state index contributed by atoms with van der Waals surface area (Å²) in [5.41, 5.74) is 1.74. The van der Waals surface area contributed by atoms with Crippen LogP contribution in [0, 0.1) is 5.82 Å². The van der Waals surface area contributed by atoms with E-state index in [0.717, 1.165) is 56.0 Å². The Hall–Kier alpha value is -2.78. The zero-order chi connectivity index (χ0) is 22.5. The van der Waals surface area contributed by atoms with Crippen molar-refractivity contribution in [3.63, 3.8) is 0 Å². The van der Waals surface area contributed by atoms with Crippen molar-refractivity contribution in [3.8, 4) is 0 Å². The first-order valence-electron chi connectivity index (χ1n) is 10.8. The lowest BCUT2D eigenvalue weighted by Crippen LogP contribution is -2.42. The van der Waals surface area contributed by atoms with E-state index < -0.39 is 5.91 Å². The number of hydrogen-bond acceptors (Lipinski definition) is 7. The molecule has 2 amide bonds. The van der Waals surface area contributed by atoms with E-state index in [9.17, 15) is 14.0 Å². The molecule has 0 spiro atoms. The maximum atomic E-state index is 13.0. The van der Waals surface area contributed by atoms with Gasteiger partial charge in [0.05, 0.1) is 10.6 Å². The molecule has 4 rings (SSSR count). The van der Waals surface area contributed by atoms with Crippen LogP contribution in [0.25, 0.3) is 6.08 Å². The number of hydrogen-bond donors (Lipinski definition) is 2. The summed E-state index contributed by atoms with van der Waals surface area (Å²) >= 11 is 0.880. The van der Waals surface area contributed by atoms with Crippen molar-refractivity contribution in [1.82, 2.24) is 20.6 Å². The first-order chi connectivity index (χ1) is 15.5. The SMILES string of the molecule is CN(c1nccc(/C=C2\SC(=O)NC2=O)n1)[C@H]1CC[C@H](NCCc2ccc(F)cc2)CC1. The molecule has 32 heavy (non-hydrogen) atoms. The molecule has 1 aromatic carbocycles. The monoisotopic (exact) mass is 455 g/mol. The number of carbonyl (C=O) groups is 2. The minimum Gasteiger partial charge on any atom is -0.341 e. The van der Waals surface area contributed by atoms with Crippen LogP contribution >= 0.6 is 11.8 Å². The lowest BCUT2D eigenvalue weighted by molar-refractivity contribution is -0.115. The maximum Gasteiger partial charge on any atom is 0.290 e. The molecule has 2 N–H and O–H groups in total. The van der Waals surface area contributed by atoms with Crippen LogP contribution in [0.3, 0.4) is 0 Å². The second kappa shape index (κ2) is 10.2. The van der Waals surface area contributed by atoms with Gasteiger partial charge < -0.3 is 10.2 Å². The number of anilines is 1. The van der Waals surface area contributed by atoms with E-state index in [-0.39, 0.29) is 11.1 Å². The van der Waals surface area contributed by atoms with Gasteiger partial charge in [-0.1, -0.05) is 12.1 Å². The van der Waals surface area contributed by atoms with Gasteiger partial charge >= 0.3 is 0 Å². The zero-order valence-corrected chi connectivity index (χ0v) is 18.7. The number of nitrogens with zero attached hydrogens (tertiary/aromatic N) is 3. The first kappa shape index (κ1) is 22.4. The van der Waals surface area contributed by atoms with Crippen molar-refractivity contribution in [3.05, 3.63) is 58.5 Å². The smallest absolute Gasteiger partial charge is 0.290 e. The summed E-state index contributed by atoms with van der Waals surface area (Å²) in [6.07, 6.45) is 8.39. The molecule has 0 unspecified atom stereocenters. The lowest BCUT2D eigenvalue weighted by atomic mass is 9.90. The summed E-state index contributed by atoms with van der Waals surface area (Å²) in [6.45, 7) is 0.880. The van der Waals surface area contributed by atoms with Crippen LogP contribution < -0.4 is 15.5 Å². The zero-order valence-electron chi connectivity index (χ0n) is 17.9. The fourth-order valence-electron chi connectivity index (χ4n) is 4.07. The normalized spacial score (nSPS) is 22.2. The standard InChI is InChI=1S/C23H26FN5O2S/c1-29(22-26-13-11-18(27-22)14-20-21(30)28-23(31)32-20)19-8-6-17(7-9-19)25-12-10-15-2-4-16(24)5-3-15/h2-5,11,13-14,17,19,25H,6-10,12H2,1H3,(H,28,30,31)/b20-14-/t17-,19-. The van der Waals surface area contributed by atoms with Gasteiger partial charge in [0.1, 0.15) is 5.82 Å². The highest BCUT2D eigenvalue weighted by Gasteiger charge is 2.27. The molecular formula is C23H26FN5O2S. The molecule has 1 saturated carbocycles. The number of carbonyl (C=O) groups excluding carboxylic acids is 2. The summed E-state index contributed by atoms with van der Waals surface area (Å²) in [5, 5.41) is 5.51. The second-order valence-electron chi connectivity index (χ2n) is 8.08. The minimum absolute atomic E-state index is 0.201. The fraction of sp³-hybridized carbons (Fsp3) is 0.391. The van der Waals surface area contributed by atoms with Gasteiger partial charge in [0, 0.05) is 25.3 Å². The number of amides is 2. The van der Waals surface area contributed by atoms with E-state index in [1.54, 1.807) is 18.3 Å². The van der Waals surface area contributed by atoms with E-state index >= 15 is 0 Å². The van der Waals surface area contributed by atoms with Gasteiger partial charge in [-0.15, -0.1) is 0 Å². The first-order valence-corrected chi connectivity index (χ1v) is 11.6. The highest BCUT2D eigenvalue weighted by atomic mass is 32.2. The van der Waals surface area contributed by atoms with Crippen molar-refractivity contribution in [2.24, 2.45) is 0 Å². The number of rotatable bonds is 7. The molecular weight excluding hydrogens is 429 g/mol. The molecule has 2 aromatic rings. The van der Waals surface area contributed by atoms with Crippen LogP contribution in [0.4, 0.5) is 15.1 Å². The van der Waals surface area contributed by atoms with Crippen LogP contribution in [0.2, 0.25) is 0 Å². The number of halogens is 1. The third kappa shape index (κ3) is 5.72. The van der Waals surface area contributed by atoms with Crippen molar-refractivity contribution in [2.75, 3.05) is 18.5 Å². The Kier molecular flexibility index (Phi) is 7.16. The van der Waals surface area contributed by atoms with Crippen molar-refractivity contribution >= 4 is 34.9 Å². The van der Waals surface area contributed by atoms with Crippen LogP contribution in [0.15, 0.2) is 41.4 Å². The quantitative estimate of drug-likeness (QED) is 0.618. The fourth-order valence-corrected chi connectivity index (χ4v) is 4.74. The van der Waals surface area contributed by atoms with Crippen molar-refractivity contribution < 1.29 is 14.0 Å². The topological polar surface area (TPSA) is 87.2 Å². The summed E-state index contributed by atoms with van der Waals surface area (Å²) in [4.78, 5) is 34.5. The number of aromatic nitrogens is 2. The Morgan fingerprint density at radius 3 is 2.62 bits per heavy atom. The summed E-state index contributed by atoms with van der Waals surface area (Å²) in [6, 6.07) is 9.23. The highest BCUT2D eigenvalue weighted by Crippen LogP contribution is 2.27. The highest BCUT2D eigenvalue weighted by molar-refractivity contribution is 8.18. The molecule has 1 aliphatic heterocycles. The van der Waals surface area contributed by atoms with E-state index in [2.05, 4.69) is 25.5 Å². The third-order valence-corrected chi connectivity index (χ3v) is 6.72. The maximum absolute atomic E-state index is 13.0. The molecule has 0 radical (unpaired) electrons. The van der Waals surface area contributed by atoms with Gasteiger partial charge in [0.2, 0.25) is 5.95 Å². The van der Waals surface area contributed by atoms with E-state index in [4.69, 9.17) is 0 Å². The summed E-state index contributed by atoms with van der Waals surface area (Å²) < 4.78 is 13.0. The van der Waals surface area contributed by atoms with Gasteiger partial charge in [-0.3, -0.25) is 14.9 Å². The summed E-state index contributed by atoms with van der Waals surface area (Å²) in [5.74, 6) is 0.0221. The molecule has 9 heteroatoms. The largest absolute Gasteiger partial charge is 0.341 e. The molecule has 7 nitrogen and oxygen atoms in total. The average molecular weight is 456 g/mol. The van der Waals surface area contributed by atoms with E-state index in [1.165, 1.54) is 12.1 Å². The Morgan fingerprint density at radius 2 is 1.94 bits per heavy atom. The molecule has 1 aromatic heterocycles. The predicted octanol–water partition coefficient (Wildman–Crippen LogP) is 3.52. The van der Waals surface area contributed by atoms with E-state index in [0.29, 0.717) is 28.6 Å². The van der Waals surface area contributed by atoms with Crippen LogP contribution in [0.5, 0.6) is 0 Å². The number of nitrogens with one attached hydrogen (secondary N) is 2. The van der Waals surface area contributed by atoms with Crippen molar-refractivity contribution in [1.29, 1.82) is 0 Å². The molecule has 0 atom stereocenters. The summed E-state index contributed by atoms with van der Waals surface area (Å²) in [7, 11) is 2.00. The molecule has 0 bridgehead atoms. The Bertz CT molecular complexity index is 1010. The van der Waals surface area contributed by atoms with Crippen molar-refractivity contribution in [2.45, 2.75) is 44.2 Å².